The van der Waals surface area contributed by atoms with E-state index in [9.17, 15) is 21.6 Å². The molecular formula is C20H24N2O6S2. The lowest BCUT2D eigenvalue weighted by molar-refractivity contribution is 0.0947. The summed E-state index contributed by atoms with van der Waals surface area (Å²) in [5, 5.41) is 1.39. The van der Waals surface area contributed by atoms with Crippen molar-refractivity contribution in [1.29, 1.82) is 0 Å². The van der Waals surface area contributed by atoms with Crippen molar-refractivity contribution in [3.63, 3.8) is 0 Å². The molecule has 0 aliphatic carbocycles. The monoisotopic (exact) mass is 452 g/mol. The third-order valence-electron chi connectivity index (χ3n) is 4.92. The highest BCUT2D eigenvalue weighted by Gasteiger charge is 2.46. The molecule has 1 aliphatic heterocycles. The van der Waals surface area contributed by atoms with Crippen LogP contribution in [0.5, 0.6) is 5.75 Å². The van der Waals surface area contributed by atoms with Crippen molar-refractivity contribution in [2.45, 2.75) is 15.0 Å². The molecule has 0 saturated heterocycles. The average molecular weight is 453 g/mol. The lowest BCUT2D eigenvalue weighted by atomic mass is 10.1. The normalized spacial score (nSPS) is 17.5. The number of nitrogens with zero attached hydrogens (tertiary/aromatic N) is 1. The van der Waals surface area contributed by atoms with Gasteiger partial charge < -0.3 is 15.0 Å². The van der Waals surface area contributed by atoms with E-state index in [-0.39, 0.29) is 26.7 Å². The molecule has 2 aromatic carbocycles. The van der Waals surface area contributed by atoms with Gasteiger partial charge in [-0.25, -0.2) is 16.8 Å². The third kappa shape index (κ3) is 4.07. The van der Waals surface area contributed by atoms with Crippen LogP contribution in [0.4, 0.5) is 0 Å². The minimum Gasteiger partial charge on any atom is -0.496 e. The van der Waals surface area contributed by atoms with Gasteiger partial charge in [0.25, 0.3) is 5.91 Å². The molecule has 3 rings (SSSR count). The van der Waals surface area contributed by atoms with Gasteiger partial charge in [-0.1, -0.05) is 18.2 Å². The van der Waals surface area contributed by atoms with E-state index >= 15 is 0 Å². The van der Waals surface area contributed by atoms with Crippen LogP contribution >= 0.6 is 0 Å². The largest absolute Gasteiger partial charge is 0.496 e. The van der Waals surface area contributed by atoms with E-state index in [0.29, 0.717) is 13.1 Å². The SMILES string of the molecule is COc1c(C(=O)NCCN(C)C)ccc2c1C(S(=O)(=O)c1ccccc1)CS2(=O)=O. The highest BCUT2D eigenvalue weighted by molar-refractivity contribution is 7.96. The van der Waals surface area contributed by atoms with Crippen molar-refractivity contribution in [3.8, 4) is 5.75 Å². The van der Waals surface area contributed by atoms with Crippen molar-refractivity contribution in [1.82, 2.24) is 10.2 Å². The van der Waals surface area contributed by atoms with Crippen molar-refractivity contribution < 1.29 is 26.4 Å². The smallest absolute Gasteiger partial charge is 0.255 e. The number of ether oxygens (including phenoxy) is 1. The van der Waals surface area contributed by atoms with Gasteiger partial charge in [-0.05, 0) is 38.4 Å². The molecule has 30 heavy (non-hydrogen) atoms. The van der Waals surface area contributed by atoms with Gasteiger partial charge in [0.05, 0.1) is 28.2 Å². The molecule has 1 heterocycles. The van der Waals surface area contributed by atoms with Crippen LogP contribution in [0.15, 0.2) is 52.3 Å². The molecule has 1 atom stereocenters. The van der Waals surface area contributed by atoms with Crippen LogP contribution in [-0.2, 0) is 19.7 Å². The van der Waals surface area contributed by atoms with Gasteiger partial charge >= 0.3 is 0 Å². The van der Waals surface area contributed by atoms with Crippen LogP contribution in [-0.4, -0.2) is 67.7 Å². The fourth-order valence-electron chi connectivity index (χ4n) is 3.44. The Labute approximate surface area is 176 Å². The number of benzene rings is 2. The molecule has 2 aromatic rings. The predicted octanol–water partition coefficient (Wildman–Crippen LogP) is 1.29. The molecule has 0 saturated carbocycles. The average Bonchev–Trinajstić information content (AvgIpc) is 2.99. The number of hydrogen-bond acceptors (Lipinski definition) is 7. The zero-order chi connectivity index (χ0) is 22.1. The quantitative estimate of drug-likeness (QED) is 0.674. The summed E-state index contributed by atoms with van der Waals surface area (Å²) in [5.41, 5.74) is 0.113. The summed E-state index contributed by atoms with van der Waals surface area (Å²) in [7, 11) is -2.84. The molecule has 1 N–H and O–H groups in total. The number of carbonyl (C=O) groups excluding carboxylic acids is 1. The molecule has 0 bridgehead atoms. The Morgan fingerprint density at radius 3 is 2.43 bits per heavy atom. The molecule has 0 aromatic heterocycles. The molecule has 0 radical (unpaired) electrons. The molecule has 10 heteroatoms. The highest BCUT2D eigenvalue weighted by atomic mass is 32.2. The topological polar surface area (TPSA) is 110 Å². The lowest BCUT2D eigenvalue weighted by Gasteiger charge is -2.18. The van der Waals surface area contributed by atoms with Gasteiger partial charge in [0.15, 0.2) is 19.7 Å². The van der Waals surface area contributed by atoms with Gasteiger partial charge in [0, 0.05) is 18.7 Å². The van der Waals surface area contributed by atoms with Crippen LogP contribution in [0.25, 0.3) is 0 Å². The molecular weight excluding hydrogens is 428 g/mol. The maximum atomic E-state index is 13.3. The number of amides is 1. The molecule has 0 spiro atoms. The third-order valence-corrected chi connectivity index (χ3v) is 9.01. The number of nitrogens with one attached hydrogen (secondary N) is 1. The molecule has 162 valence electrons. The van der Waals surface area contributed by atoms with Gasteiger partial charge in [-0.15, -0.1) is 0 Å². The number of fused-ring (bicyclic) bond motifs is 1. The lowest BCUT2D eigenvalue weighted by Crippen LogP contribution is -2.31. The van der Waals surface area contributed by atoms with Gasteiger partial charge in [0.2, 0.25) is 0 Å². The Balaban J connectivity index is 2.11. The fourth-order valence-corrected chi connectivity index (χ4v) is 7.76. The zero-order valence-electron chi connectivity index (χ0n) is 17.0. The molecule has 1 aliphatic rings. The Morgan fingerprint density at radius 1 is 1.17 bits per heavy atom. The number of carbonyl (C=O) groups is 1. The Morgan fingerprint density at radius 2 is 1.83 bits per heavy atom. The highest BCUT2D eigenvalue weighted by Crippen LogP contribution is 2.46. The van der Waals surface area contributed by atoms with Crippen LogP contribution in [0, 0.1) is 0 Å². The van der Waals surface area contributed by atoms with Crippen LogP contribution < -0.4 is 10.1 Å². The summed E-state index contributed by atoms with van der Waals surface area (Å²) in [6, 6.07) is 10.3. The standard InChI is InChI=1S/C20H24N2O6S2/c1-22(2)12-11-21-20(23)15-9-10-16-18(19(15)28-3)17(13-29(16,24)25)30(26,27)14-7-5-4-6-8-14/h4-10,17H,11-13H2,1-3H3,(H,21,23). The van der Waals surface area contributed by atoms with E-state index in [1.165, 1.54) is 31.4 Å². The summed E-state index contributed by atoms with van der Waals surface area (Å²) in [6.07, 6.45) is 0. The van der Waals surface area contributed by atoms with Crippen LogP contribution in [0.3, 0.4) is 0 Å². The van der Waals surface area contributed by atoms with Gasteiger partial charge in [-0.2, -0.15) is 0 Å². The number of likely N-dealkylation sites (N-methyl/N-ethyl adjacent to an activating group) is 1. The molecule has 8 nitrogen and oxygen atoms in total. The van der Waals surface area contributed by atoms with Gasteiger partial charge in [0.1, 0.15) is 11.0 Å². The summed E-state index contributed by atoms with van der Waals surface area (Å²) in [4.78, 5) is 14.5. The van der Waals surface area contributed by atoms with Crippen molar-refractivity contribution >= 4 is 25.6 Å². The Hall–Kier alpha value is -2.43. The van der Waals surface area contributed by atoms with E-state index in [1.807, 2.05) is 19.0 Å². The van der Waals surface area contributed by atoms with E-state index in [2.05, 4.69) is 5.32 Å². The first kappa shape index (κ1) is 22.3. The first-order valence-corrected chi connectivity index (χ1v) is 12.4. The first-order chi connectivity index (χ1) is 14.1. The second-order valence-corrected chi connectivity index (χ2v) is 11.4. The first-order valence-electron chi connectivity index (χ1n) is 9.25. The van der Waals surface area contributed by atoms with Gasteiger partial charge in [-0.3, -0.25) is 4.79 Å². The second kappa shape index (κ2) is 8.37. The van der Waals surface area contributed by atoms with Crippen LogP contribution in [0.2, 0.25) is 0 Å². The molecule has 0 fully saturated rings. The Kier molecular flexibility index (Phi) is 6.21. The van der Waals surface area contributed by atoms with E-state index < -0.39 is 36.6 Å². The number of methoxy groups -OCH3 is 1. The zero-order valence-corrected chi connectivity index (χ0v) is 18.6. The predicted molar refractivity (Wildman–Crippen MR) is 112 cm³/mol. The summed E-state index contributed by atoms with van der Waals surface area (Å²) < 4.78 is 57.3. The summed E-state index contributed by atoms with van der Waals surface area (Å²) >= 11 is 0. The molecule has 1 unspecified atom stereocenters. The summed E-state index contributed by atoms with van der Waals surface area (Å²) in [5.74, 6) is -1.08. The number of sulfone groups is 2. The van der Waals surface area contributed by atoms with Crippen molar-refractivity contribution in [3.05, 3.63) is 53.6 Å². The molecule has 1 amide bonds. The van der Waals surface area contributed by atoms with E-state index in [1.54, 1.807) is 18.2 Å². The number of rotatable bonds is 7. The summed E-state index contributed by atoms with van der Waals surface area (Å²) in [6.45, 7) is 0.981. The van der Waals surface area contributed by atoms with E-state index in [0.717, 1.165) is 0 Å². The number of hydrogen-bond donors (Lipinski definition) is 1. The Bertz CT molecular complexity index is 1160. The maximum absolute atomic E-state index is 13.3. The fraction of sp³-hybridized carbons (Fsp3) is 0.350. The maximum Gasteiger partial charge on any atom is 0.255 e. The van der Waals surface area contributed by atoms with E-state index in [4.69, 9.17) is 4.74 Å². The second-order valence-electron chi connectivity index (χ2n) is 7.25. The van der Waals surface area contributed by atoms with Crippen LogP contribution in [0.1, 0.15) is 21.2 Å². The minimum absolute atomic E-state index is 0.0148. The minimum atomic E-state index is -4.02. The van der Waals surface area contributed by atoms with Crippen molar-refractivity contribution in [2.24, 2.45) is 0 Å². The van der Waals surface area contributed by atoms with Crippen molar-refractivity contribution in [2.75, 3.05) is 40.0 Å².